The minimum Gasteiger partial charge on any atom is -0.322 e. The number of nitrogens with one attached hydrogen (secondary N) is 1. The molecule has 7 nitrogen and oxygen atoms in total. The predicted octanol–water partition coefficient (Wildman–Crippen LogP) is 4.71. The van der Waals surface area contributed by atoms with Crippen molar-refractivity contribution in [3.63, 3.8) is 0 Å². The summed E-state index contributed by atoms with van der Waals surface area (Å²) in [5.74, 6) is -0.0682. The van der Waals surface area contributed by atoms with Crippen LogP contribution in [0.5, 0.6) is 0 Å². The summed E-state index contributed by atoms with van der Waals surface area (Å²) in [5, 5.41) is 23.9. The maximum absolute atomic E-state index is 12.6. The summed E-state index contributed by atoms with van der Waals surface area (Å²) in [5.41, 5.74) is 2.23. The lowest BCUT2D eigenvalue weighted by Crippen LogP contribution is -2.15. The third kappa shape index (κ3) is 4.78. The standard InChI is InChI=1S/C21H16N4O3S/c1-14-18(20(26)24-17-8-3-2-4-9-17)11-16(12-22)21(23-14)29-13-15-7-5-6-10-19(15)25(27)28/h2-11H,13H2,1H3,(H,24,26). The van der Waals surface area contributed by atoms with E-state index >= 15 is 0 Å². The molecule has 1 aromatic heterocycles. The smallest absolute Gasteiger partial charge is 0.273 e. The van der Waals surface area contributed by atoms with E-state index in [-0.39, 0.29) is 22.9 Å². The number of carbonyl (C=O) groups excluding carboxylic acids is 1. The summed E-state index contributed by atoms with van der Waals surface area (Å²) in [6, 6.07) is 19.0. The molecule has 2 aromatic carbocycles. The third-order valence-electron chi connectivity index (χ3n) is 4.13. The Bertz CT molecular complexity index is 1110. The molecule has 29 heavy (non-hydrogen) atoms. The monoisotopic (exact) mass is 404 g/mol. The van der Waals surface area contributed by atoms with Gasteiger partial charge in [-0.15, -0.1) is 11.8 Å². The SMILES string of the molecule is Cc1nc(SCc2ccccc2[N+](=O)[O-])c(C#N)cc1C(=O)Nc1ccccc1. The van der Waals surface area contributed by atoms with Crippen LogP contribution in [-0.4, -0.2) is 15.8 Å². The zero-order valence-corrected chi connectivity index (χ0v) is 16.3. The van der Waals surface area contributed by atoms with E-state index in [1.54, 1.807) is 37.3 Å². The van der Waals surface area contributed by atoms with Gasteiger partial charge in [0.25, 0.3) is 11.6 Å². The molecule has 0 fully saturated rings. The number of para-hydroxylation sites is 2. The number of nitrogens with zero attached hydrogens (tertiary/aromatic N) is 3. The zero-order chi connectivity index (χ0) is 20.8. The summed E-state index contributed by atoms with van der Waals surface area (Å²) in [4.78, 5) is 27.7. The van der Waals surface area contributed by atoms with Gasteiger partial charge in [-0.1, -0.05) is 36.4 Å². The van der Waals surface area contributed by atoms with Crippen LogP contribution in [0, 0.1) is 28.4 Å². The van der Waals surface area contributed by atoms with E-state index in [9.17, 15) is 20.2 Å². The Labute approximate surface area is 171 Å². The highest BCUT2D eigenvalue weighted by atomic mass is 32.2. The number of nitriles is 1. The third-order valence-corrected chi connectivity index (χ3v) is 5.17. The first-order valence-electron chi connectivity index (χ1n) is 8.63. The average Bonchev–Trinajstić information content (AvgIpc) is 2.73. The molecule has 1 N–H and O–H groups in total. The van der Waals surface area contributed by atoms with Crippen molar-refractivity contribution in [2.75, 3.05) is 5.32 Å². The summed E-state index contributed by atoms with van der Waals surface area (Å²) in [6.07, 6.45) is 0. The maximum Gasteiger partial charge on any atom is 0.273 e. The van der Waals surface area contributed by atoms with Crippen LogP contribution in [0.1, 0.15) is 27.2 Å². The lowest BCUT2D eigenvalue weighted by Gasteiger charge is -2.10. The van der Waals surface area contributed by atoms with Crippen LogP contribution < -0.4 is 5.32 Å². The van der Waals surface area contributed by atoms with E-state index < -0.39 is 4.92 Å². The molecule has 0 unspecified atom stereocenters. The number of aryl methyl sites for hydroxylation is 1. The van der Waals surface area contributed by atoms with E-state index in [1.165, 1.54) is 23.9 Å². The number of nitro benzene ring substituents is 1. The minimum absolute atomic E-state index is 0.0223. The van der Waals surface area contributed by atoms with Gasteiger partial charge in [0.1, 0.15) is 11.1 Å². The Balaban J connectivity index is 1.83. The van der Waals surface area contributed by atoms with Gasteiger partial charge in [0, 0.05) is 23.1 Å². The average molecular weight is 404 g/mol. The van der Waals surface area contributed by atoms with Crippen molar-refractivity contribution in [3.8, 4) is 6.07 Å². The molecule has 0 saturated carbocycles. The maximum atomic E-state index is 12.6. The lowest BCUT2D eigenvalue weighted by molar-refractivity contribution is -0.385. The number of rotatable bonds is 6. The van der Waals surface area contributed by atoms with Crippen LogP contribution in [0.3, 0.4) is 0 Å². The normalized spacial score (nSPS) is 10.2. The number of hydrogen-bond donors (Lipinski definition) is 1. The molecule has 1 heterocycles. The van der Waals surface area contributed by atoms with Crippen molar-refractivity contribution in [2.24, 2.45) is 0 Å². The molecular weight excluding hydrogens is 388 g/mol. The van der Waals surface area contributed by atoms with E-state index in [0.29, 0.717) is 27.5 Å². The van der Waals surface area contributed by atoms with E-state index in [2.05, 4.69) is 16.4 Å². The number of hydrogen-bond acceptors (Lipinski definition) is 6. The number of thioether (sulfide) groups is 1. The van der Waals surface area contributed by atoms with E-state index in [0.717, 1.165) is 0 Å². The largest absolute Gasteiger partial charge is 0.322 e. The molecule has 3 aromatic rings. The molecule has 8 heteroatoms. The van der Waals surface area contributed by atoms with Gasteiger partial charge in [-0.3, -0.25) is 14.9 Å². The van der Waals surface area contributed by atoms with Crippen LogP contribution in [0.15, 0.2) is 65.7 Å². The molecule has 0 atom stereocenters. The summed E-state index contributed by atoms with van der Waals surface area (Å²) in [6.45, 7) is 1.69. The fourth-order valence-electron chi connectivity index (χ4n) is 2.68. The second-order valence-electron chi connectivity index (χ2n) is 6.08. The summed E-state index contributed by atoms with van der Waals surface area (Å²) in [7, 11) is 0. The number of pyridine rings is 1. The number of benzene rings is 2. The molecule has 0 bridgehead atoms. The molecule has 3 rings (SSSR count). The van der Waals surface area contributed by atoms with Gasteiger partial charge in [-0.2, -0.15) is 5.26 Å². The van der Waals surface area contributed by atoms with Crippen molar-refractivity contribution < 1.29 is 9.72 Å². The fraction of sp³-hybridized carbons (Fsp3) is 0.0952. The first kappa shape index (κ1) is 20.0. The Morgan fingerprint density at radius 3 is 2.59 bits per heavy atom. The predicted molar refractivity (Wildman–Crippen MR) is 111 cm³/mol. The van der Waals surface area contributed by atoms with E-state index in [4.69, 9.17) is 0 Å². The molecule has 1 amide bonds. The Hall–Kier alpha value is -3.70. The highest BCUT2D eigenvalue weighted by Gasteiger charge is 2.18. The number of carbonyl (C=O) groups is 1. The van der Waals surface area contributed by atoms with Gasteiger partial charge >= 0.3 is 0 Å². The van der Waals surface area contributed by atoms with Gasteiger partial charge in [0.05, 0.1) is 21.7 Å². The molecule has 0 aliphatic rings. The molecule has 0 spiro atoms. The number of nitro groups is 1. The Morgan fingerprint density at radius 1 is 1.21 bits per heavy atom. The van der Waals surface area contributed by atoms with Gasteiger partial charge < -0.3 is 5.32 Å². The van der Waals surface area contributed by atoms with Gasteiger partial charge in [-0.05, 0) is 25.1 Å². The Morgan fingerprint density at radius 2 is 1.90 bits per heavy atom. The van der Waals surface area contributed by atoms with Crippen molar-refractivity contribution in [1.29, 1.82) is 5.26 Å². The number of anilines is 1. The molecule has 144 valence electrons. The zero-order valence-electron chi connectivity index (χ0n) is 15.5. The molecule has 0 aliphatic carbocycles. The highest BCUT2D eigenvalue weighted by molar-refractivity contribution is 7.98. The molecule has 0 radical (unpaired) electrons. The highest BCUT2D eigenvalue weighted by Crippen LogP contribution is 2.29. The van der Waals surface area contributed by atoms with Crippen molar-refractivity contribution in [1.82, 2.24) is 4.98 Å². The number of aromatic nitrogens is 1. The lowest BCUT2D eigenvalue weighted by atomic mass is 10.1. The van der Waals surface area contributed by atoms with Crippen LogP contribution >= 0.6 is 11.8 Å². The van der Waals surface area contributed by atoms with Crippen molar-refractivity contribution >= 4 is 29.0 Å². The van der Waals surface area contributed by atoms with Crippen molar-refractivity contribution in [2.45, 2.75) is 17.7 Å². The molecule has 0 saturated heterocycles. The molecular formula is C21H16N4O3S. The van der Waals surface area contributed by atoms with Gasteiger partial charge in [0.2, 0.25) is 0 Å². The Kier molecular flexibility index (Phi) is 6.22. The second-order valence-corrected chi connectivity index (χ2v) is 7.04. The molecule has 0 aliphatic heterocycles. The van der Waals surface area contributed by atoms with E-state index in [1.807, 2.05) is 18.2 Å². The second kappa shape index (κ2) is 8.99. The number of amides is 1. The van der Waals surface area contributed by atoms with Crippen LogP contribution in [-0.2, 0) is 5.75 Å². The first-order valence-corrected chi connectivity index (χ1v) is 9.61. The minimum atomic E-state index is -0.434. The van der Waals surface area contributed by atoms with Crippen molar-refractivity contribution in [3.05, 3.63) is 93.2 Å². The topological polar surface area (TPSA) is 109 Å². The summed E-state index contributed by atoms with van der Waals surface area (Å²) < 4.78 is 0. The van der Waals surface area contributed by atoms with Crippen LogP contribution in [0.2, 0.25) is 0 Å². The van der Waals surface area contributed by atoms with Crippen LogP contribution in [0.4, 0.5) is 11.4 Å². The van der Waals surface area contributed by atoms with Gasteiger partial charge in [0.15, 0.2) is 0 Å². The van der Waals surface area contributed by atoms with Gasteiger partial charge in [-0.25, -0.2) is 4.98 Å². The summed E-state index contributed by atoms with van der Waals surface area (Å²) >= 11 is 1.23. The van der Waals surface area contributed by atoms with Crippen LogP contribution in [0.25, 0.3) is 0 Å². The quantitative estimate of drug-likeness (QED) is 0.362. The fourth-order valence-corrected chi connectivity index (χ4v) is 3.68. The first-order chi connectivity index (χ1) is 14.0.